The maximum absolute atomic E-state index is 5.27. The summed E-state index contributed by atoms with van der Waals surface area (Å²) in [6.45, 7) is 10.7. The van der Waals surface area contributed by atoms with Gasteiger partial charge in [-0.05, 0) is 32.8 Å². The minimum Gasteiger partial charge on any atom is -0.301 e. The van der Waals surface area contributed by atoms with E-state index in [0.29, 0.717) is 5.92 Å². The van der Waals surface area contributed by atoms with Crippen LogP contribution in [0.4, 0.5) is 0 Å². The molecule has 0 bridgehead atoms. The Morgan fingerprint density at radius 2 is 1.92 bits per heavy atom. The van der Waals surface area contributed by atoms with E-state index in [-0.39, 0.29) is 5.54 Å². The number of nitrogens with zero attached hydrogens (tertiary/aromatic N) is 1. The molecule has 1 aromatic heterocycles. The summed E-state index contributed by atoms with van der Waals surface area (Å²) in [5.74, 6) is 0.505. The Morgan fingerprint density at radius 3 is 2.15 bits per heavy atom. The molecule has 0 aliphatic heterocycles. The van der Waals surface area contributed by atoms with Gasteiger partial charge in [0.2, 0.25) is 0 Å². The molecule has 1 N–H and O–H groups in total. The molecule has 0 saturated carbocycles. The number of nitrogens with one attached hydrogen (secondary N) is 1. The molecule has 0 spiro atoms. The SMILES string of the molecule is CC(C)c1cc(=S)n(C(C)(C)C)[nH]1. The molecular formula is C10H18N2S. The Morgan fingerprint density at radius 1 is 1.38 bits per heavy atom. The van der Waals surface area contributed by atoms with E-state index in [1.54, 1.807) is 0 Å². The molecule has 0 unspecified atom stereocenters. The second-order valence-electron chi connectivity index (χ2n) is 4.71. The smallest absolute Gasteiger partial charge is 0.122 e. The van der Waals surface area contributed by atoms with E-state index >= 15 is 0 Å². The summed E-state index contributed by atoms with van der Waals surface area (Å²) in [6, 6.07) is 2.05. The molecule has 74 valence electrons. The van der Waals surface area contributed by atoms with Gasteiger partial charge >= 0.3 is 0 Å². The van der Waals surface area contributed by atoms with Crippen molar-refractivity contribution in [3.63, 3.8) is 0 Å². The van der Waals surface area contributed by atoms with Crippen molar-refractivity contribution in [1.82, 2.24) is 9.78 Å². The van der Waals surface area contributed by atoms with Gasteiger partial charge in [-0.3, -0.25) is 4.68 Å². The molecule has 3 heteroatoms. The Bertz CT molecular complexity index is 339. The highest BCUT2D eigenvalue weighted by molar-refractivity contribution is 7.71. The van der Waals surface area contributed by atoms with Gasteiger partial charge in [0.25, 0.3) is 0 Å². The fourth-order valence-corrected chi connectivity index (χ4v) is 1.65. The fourth-order valence-electron chi connectivity index (χ4n) is 1.21. The monoisotopic (exact) mass is 198 g/mol. The van der Waals surface area contributed by atoms with Crippen molar-refractivity contribution in [3.8, 4) is 0 Å². The van der Waals surface area contributed by atoms with E-state index in [0.717, 1.165) is 4.64 Å². The molecule has 0 amide bonds. The zero-order chi connectivity index (χ0) is 10.2. The molecule has 0 radical (unpaired) electrons. The summed E-state index contributed by atoms with van der Waals surface area (Å²) in [7, 11) is 0. The van der Waals surface area contributed by atoms with Gasteiger partial charge in [-0.2, -0.15) is 0 Å². The maximum atomic E-state index is 5.27. The third-order valence-corrected chi connectivity index (χ3v) is 2.33. The largest absolute Gasteiger partial charge is 0.301 e. The Labute approximate surface area is 85.0 Å². The topological polar surface area (TPSA) is 20.7 Å². The van der Waals surface area contributed by atoms with Gasteiger partial charge in [-0.1, -0.05) is 26.1 Å². The van der Waals surface area contributed by atoms with Gasteiger partial charge in [-0.15, -0.1) is 0 Å². The van der Waals surface area contributed by atoms with Crippen molar-refractivity contribution in [2.75, 3.05) is 0 Å². The molecule has 0 aliphatic carbocycles. The first-order valence-corrected chi connectivity index (χ1v) is 5.05. The van der Waals surface area contributed by atoms with Crippen LogP contribution in [-0.4, -0.2) is 9.78 Å². The molecule has 0 fully saturated rings. The molecule has 0 aliphatic rings. The van der Waals surface area contributed by atoms with Gasteiger partial charge in [0.05, 0.1) is 5.54 Å². The van der Waals surface area contributed by atoms with Crippen molar-refractivity contribution < 1.29 is 0 Å². The van der Waals surface area contributed by atoms with E-state index < -0.39 is 0 Å². The Balaban J connectivity index is 3.19. The lowest BCUT2D eigenvalue weighted by Crippen LogP contribution is -2.23. The van der Waals surface area contributed by atoms with Crippen LogP contribution < -0.4 is 0 Å². The molecular weight excluding hydrogens is 180 g/mol. The second-order valence-corrected chi connectivity index (χ2v) is 5.13. The minimum atomic E-state index is 0.0459. The Hall–Kier alpha value is -0.570. The number of hydrogen-bond acceptors (Lipinski definition) is 1. The van der Waals surface area contributed by atoms with Crippen molar-refractivity contribution in [3.05, 3.63) is 16.4 Å². The van der Waals surface area contributed by atoms with Gasteiger partial charge in [0, 0.05) is 5.69 Å². The predicted octanol–water partition coefficient (Wildman–Crippen LogP) is 3.42. The molecule has 0 aromatic carbocycles. The lowest BCUT2D eigenvalue weighted by molar-refractivity contribution is 0.348. The molecule has 1 aromatic rings. The molecule has 0 atom stereocenters. The molecule has 2 nitrogen and oxygen atoms in total. The zero-order valence-corrected chi connectivity index (χ0v) is 9.83. The highest BCUT2D eigenvalue weighted by Crippen LogP contribution is 2.18. The van der Waals surface area contributed by atoms with Gasteiger partial charge in [0.15, 0.2) is 0 Å². The molecule has 13 heavy (non-hydrogen) atoms. The average Bonchev–Trinajstić information content (AvgIpc) is 2.29. The first-order chi connectivity index (χ1) is 5.82. The fraction of sp³-hybridized carbons (Fsp3) is 0.700. The van der Waals surface area contributed by atoms with Gasteiger partial charge in [0.1, 0.15) is 4.64 Å². The van der Waals surface area contributed by atoms with Crippen LogP contribution in [0.25, 0.3) is 0 Å². The van der Waals surface area contributed by atoms with E-state index in [1.807, 2.05) is 10.7 Å². The maximum Gasteiger partial charge on any atom is 0.122 e. The van der Waals surface area contributed by atoms with Gasteiger partial charge < -0.3 is 5.10 Å². The molecule has 1 rings (SSSR count). The third-order valence-electron chi connectivity index (χ3n) is 2.03. The first-order valence-electron chi connectivity index (χ1n) is 4.65. The van der Waals surface area contributed by atoms with Crippen LogP contribution in [0.1, 0.15) is 46.2 Å². The minimum absolute atomic E-state index is 0.0459. The van der Waals surface area contributed by atoms with Crippen LogP contribution >= 0.6 is 12.2 Å². The van der Waals surface area contributed by atoms with Crippen molar-refractivity contribution in [2.45, 2.75) is 46.1 Å². The summed E-state index contributed by atoms with van der Waals surface area (Å²) >= 11 is 5.27. The van der Waals surface area contributed by atoms with Crippen LogP contribution in [0.15, 0.2) is 6.07 Å². The van der Waals surface area contributed by atoms with Crippen LogP contribution in [0.3, 0.4) is 0 Å². The van der Waals surface area contributed by atoms with Crippen molar-refractivity contribution in [1.29, 1.82) is 0 Å². The Kier molecular flexibility index (Phi) is 2.66. The quantitative estimate of drug-likeness (QED) is 0.686. The number of rotatable bonds is 1. The number of aromatic amines is 1. The summed E-state index contributed by atoms with van der Waals surface area (Å²) in [5.41, 5.74) is 1.25. The van der Waals surface area contributed by atoms with Crippen LogP contribution in [0.2, 0.25) is 0 Å². The van der Waals surface area contributed by atoms with Crippen molar-refractivity contribution in [2.24, 2.45) is 0 Å². The summed E-state index contributed by atoms with van der Waals surface area (Å²) in [6.07, 6.45) is 0. The normalized spacial score (nSPS) is 12.5. The summed E-state index contributed by atoms with van der Waals surface area (Å²) in [5, 5.41) is 3.33. The predicted molar refractivity (Wildman–Crippen MR) is 58.7 cm³/mol. The lowest BCUT2D eigenvalue weighted by atomic mass is 10.1. The highest BCUT2D eigenvalue weighted by Gasteiger charge is 2.15. The number of H-pyrrole nitrogens is 1. The molecule has 1 heterocycles. The highest BCUT2D eigenvalue weighted by atomic mass is 32.1. The van der Waals surface area contributed by atoms with E-state index in [2.05, 4.69) is 39.7 Å². The standard InChI is InChI=1S/C10H18N2S/c1-7(2)8-6-9(13)12(11-8)10(3,4)5/h6-7,11H,1-5H3. The zero-order valence-electron chi connectivity index (χ0n) is 9.01. The van der Waals surface area contributed by atoms with E-state index in [4.69, 9.17) is 12.2 Å². The summed E-state index contributed by atoms with van der Waals surface area (Å²) < 4.78 is 2.92. The van der Waals surface area contributed by atoms with Gasteiger partial charge in [-0.25, -0.2) is 0 Å². The average molecular weight is 198 g/mol. The van der Waals surface area contributed by atoms with E-state index in [9.17, 15) is 0 Å². The number of hydrogen-bond donors (Lipinski definition) is 1. The van der Waals surface area contributed by atoms with Crippen molar-refractivity contribution >= 4 is 12.2 Å². The van der Waals surface area contributed by atoms with E-state index in [1.165, 1.54) is 5.69 Å². The lowest BCUT2D eigenvalue weighted by Gasteiger charge is -2.20. The summed E-state index contributed by atoms with van der Waals surface area (Å²) in [4.78, 5) is 0. The molecule has 0 saturated heterocycles. The second kappa shape index (κ2) is 3.29. The van der Waals surface area contributed by atoms with Crippen LogP contribution in [0, 0.1) is 4.64 Å². The first kappa shape index (κ1) is 10.5. The number of aromatic nitrogens is 2. The third kappa shape index (κ3) is 2.21. The van der Waals surface area contributed by atoms with Crippen LogP contribution in [0.5, 0.6) is 0 Å². The van der Waals surface area contributed by atoms with Crippen LogP contribution in [-0.2, 0) is 5.54 Å².